The van der Waals surface area contributed by atoms with Gasteiger partial charge in [-0.15, -0.1) is 0 Å². The zero-order valence-corrected chi connectivity index (χ0v) is 11.5. The maximum Gasteiger partial charge on any atom is 0.309 e. The molecule has 1 rings (SSSR count). The highest BCUT2D eigenvalue weighted by Crippen LogP contribution is 2.35. The molecule has 0 saturated carbocycles. The first-order chi connectivity index (χ1) is 8.20. The number of carbonyl (C=O) groups excluding carboxylic acids is 1. The molecular formula is C11H19NO5S. The van der Waals surface area contributed by atoms with Crippen molar-refractivity contribution in [3.63, 3.8) is 0 Å². The second-order valence-corrected chi connectivity index (χ2v) is 7.03. The SMILES string of the molecule is CCC1(C(=O)O)CCN(C(=O)CS(C)(=O)=O)CC1. The number of carboxylic acids is 1. The fraction of sp³-hybridized carbons (Fsp3) is 0.818. The fourth-order valence-corrected chi connectivity index (χ4v) is 2.85. The van der Waals surface area contributed by atoms with Crippen LogP contribution in [-0.4, -0.2) is 55.4 Å². The molecule has 0 unspecified atom stereocenters. The summed E-state index contributed by atoms with van der Waals surface area (Å²) in [6.07, 6.45) is 2.31. The van der Waals surface area contributed by atoms with E-state index >= 15 is 0 Å². The van der Waals surface area contributed by atoms with Crippen molar-refractivity contribution in [3.8, 4) is 0 Å². The number of amides is 1. The van der Waals surface area contributed by atoms with Gasteiger partial charge in [-0.3, -0.25) is 9.59 Å². The van der Waals surface area contributed by atoms with Gasteiger partial charge in [-0.1, -0.05) is 6.92 Å². The molecule has 1 N–H and O–H groups in total. The molecule has 1 heterocycles. The molecule has 0 aliphatic carbocycles. The van der Waals surface area contributed by atoms with Gasteiger partial charge in [0.25, 0.3) is 0 Å². The van der Waals surface area contributed by atoms with Crippen molar-refractivity contribution in [2.45, 2.75) is 26.2 Å². The van der Waals surface area contributed by atoms with E-state index in [2.05, 4.69) is 0 Å². The summed E-state index contributed by atoms with van der Waals surface area (Å²) in [5, 5.41) is 9.20. The van der Waals surface area contributed by atoms with Crippen molar-refractivity contribution in [3.05, 3.63) is 0 Å². The molecule has 0 atom stereocenters. The van der Waals surface area contributed by atoms with E-state index in [1.54, 1.807) is 0 Å². The van der Waals surface area contributed by atoms with Gasteiger partial charge < -0.3 is 10.0 Å². The standard InChI is InChI=1S/C11H19NO5S/c1-3-11(10(14)15)4-6-12(7-5-11)9(13)8-18(2,16)17/h3-8H2,1-2H3,(H,14,15). The Morgan fingerprint density at radius 3 is 2.11 bits per heavy atom. The van der Waals surface area contributed by atoms with Crippen LogP contribution < -0.4 is 0 Å². The Bertz CT molecular complexity index is 434. The van der Waals surface area contributed by atoms with Crippen LogP contribution in [0.3, 0.4) is 0 Å². The molecule has 0 spiro atoms. The highest BCUT2D eigenvalue weighted by Gasteiger charge is 2.40. The average Bonchev–Trinajstić information content (AvgIpc) is 2.26. The first-order valence-corrected chi connectivity index (χ1v) is 7.95. The highest BCUT2D eigenvalue weighted by molar-refractivity contribution is 7.91. The van der Waals surface area contributed by atoms with Crippen LogP contribution in [0.25, 0.3) is 0 Å². The van der Waals surface area contributed by atoms with Gasteiger partial charge in [-0.2, -0.15) is 0 Å². The summed E-state index contributed by atoms with van der Waals surface area (Å²) in [7, 11) is -3.33. The molecule has 0 bridgehead atoms. The van der Waals surface area contributed by atoms with Crippen molar-refractivity contribution >= 4 is 21.7 Å². The molecule has 6 nitrogen and oxygen atoms in total. The Balaban J connectivity index is 2.64. The quantitative estimate of drug-likeness (QED) is 0.789. The third-order valence-corrected chi connectivity index (χ3v) is 4.36. The Hall–Kier alpha value is -1.11. The minimum absolute atomic E-state index is 0.314. The Kier molecular flexibility index (Phi) is 4.37. The zero-order chi connectivity index (χ0) is 14.0. The average molecular weight is 277 g/mol. The van der Waals surface area contributed by atoms with Crippen LogP contribution in [-0.2, 0) is 19.4 Å². The first kappa shape index (κ1) is 14.9. The van der Waals surface area contributed by atoms with E-state index in [1.165, 1.54) is 4.90 Å². The molecule has 0 aromatic heterocycles. The van der Waals surface area contributed by atoms with Gasteiger partial charge in [-0.25, -0.2) is 8.42 Å². The van der Waals surface area contributed by atoms with Crippen molar-refractivity contribution in [2.24, 2.45) is 5.41 Å². The van der Waals surface area contributed by atoms with Crippen LogP contribution in [0.4, 0.5) is 0 Å². The molecule has 104 valence electrons. The Morgan fingerprint density at radius 2 is 1.78 bits per heavy atom. The van der Waals surface area contributed by atoms with Crippen LogP contribution in [0.2, 0.25) is 0 Å². The van der Waals surface area contributed by atoms with Crippen LogP contribution in [0.5, 0.6) is 0 Å². The van der Waals surface area contributed by atoms with Crippen molar-refractivity contribution in [1.82, 2.24) is 4.90 Å². The van der Waals surface area contributed by atoms with E-state index in [-0.39, 0.29) is 0 Å². The van der Waals surface area contributed by atoms with E-state index in [1.807, 2.05) is 6.92 Å². The van der Waals surface area contributed by atoms with Crippen LogP contribution in [0.1, 0.15) is 26.2 Å². The van der Waals surface area contributed by atoms with Crippen LogP contribution in [0, 0.1) is 5.41 Å². The fourth-order valence-electron chi connectivity index (χ4n) is 2.22. The Labute approximate surface area is 107 Å². The van der Waals surface area contributed by atoms with Crippen molar-refractivity contribution < 1.29 is 23.1 Å². The smallest absolute Gasteiger partial charge is 0.309 e. The van der Waals surface area contributed by atoms with Gasteiger partial charge in [0.05, 0.1) is 5.41 Å². The van der Waals surface area contributed by atoms with Gasteiger partial charge in [0.15, 0.2) is 9.84 Å². The zero-order valence-electron chi connectivity index (χ0n) is 10.7. The van der Waals surface area contributed by atoms with Gasteiger partial charge >= 0.3 is 5.97 Å². The van der Waals surface area contributed by atoms with E-state index in [0.29, 0.717) is 32.4 Å². The van der Waals surface area contributed by atoms with Crippen molar-refractivity contribution in [2.75, 3.05) is 25.1 Å². The highest BCUT2D eigenvalue weighted by atomic mass is 32.2. The summed E-state index contributed by atoms with van der Waals surface area (Å²) >= 11 is 0. The minimum atomic E-state index is -3.33. The van der Waals surface area contributed by atoms with Crippen LogP contribution in [0.15, 0.2) is 0 Å². The third-order valence-electron chi connectivity index (χ3n) is 3.59. The van der Waals surface area contributed by atoms with E-state index in [9.17, 15) is 23.1 Å². The molecule has 1 saturated heterocycles. The maximum absolute atomic E-state index is 11.7. The topological polar surface area (TPSA) is 91.8 Å². The Morgan fingerprint density at radius 1 is 1.28 bits per heavy atom. The molecule has 7 heteroatoms. The second kappa shape index (κ2) is 5.26. The lowest BCUT2D eigenvalue weighted by atomic mass is 9.76. The molecule has 18 heavy (non-hydrogen) atoms. The second-order valence-electron chi connectivity index (χ2n) is 4.89. The lowest BCUT2D eigenvalue weighted by Crippen LogP contribution is -2.47. The molecule has 1 aliphatic rings. The number of hydrogen-bond acceptors (Lipinski definition) is 4. The van der Waals surface area contributed by atoms with E-state index in [0.717, 1.165) is 6.26 Å². The van der Waals surface area contributed by atoms with Gasteiger partial charge in [-0.05, 0) is 19.3 Å². The summed E-state index contributed by atoms with van der Waals surface area (Å²) in [6, 6.07) is 0. The number of piperidine rings is 1. The predicted molar refractivity (Wildman–Crippen MR) is 65.9 cm³/mol. The lowest BCUT2D eigenvalue weighted by molar-refractivity contribution is -0.154. The summed E-state index contributed by atoms with van der Waals surface area (Å²) in [5.41, 5.74) is -0.762. The third kappa shape index (κ3) is 3.44. The van der Waals surface area contributed by atoms with Gasteiger partial charge in [0, 0.05) is 19.3 Å². The lowest BCUT2D eigenvalue weighted by Gasteiger charge is -2.38. The summed E-state index contributed by atoms with van der Waals surface area (Å²) in [4.78, 5) is 24.3. The number of rotatable bonds is 4. The normalized spacial score (nSPS) is 19.6. The molecule has 1 fully saturated rings. The van der Waals surface area contributed by atoms with Gasteiger partial charge in [0.1, 0.15) is 5.75 Å². The summed E-state index contributed by atoms with van der Waals surface area (Å²) in [5.74, 6) is -1.77. The number of sulfone groups is 1. The number of carboxylic acid groups (broad SMARTS) is 1. The maximum atomic E-state index is 11.7. The monoisotopic (exact) mass is 277 g/mol. The molecule has 1 aliphatic heterocycles. The number of likely N-dealkylation sites (tertiary alicyclic amines) is 1. The minimum Gasteiger partial charge on any atom is -0.481 e. The largest absolute Gasteiger partial charge is 0.481 e. The molecular weight excluding hydrogens is 258 g/mol. The van der Waals surface area contributed by atoms with Gasteiger partial charge in [0.2, 0.25) is 5.91 Å². The molecule has 0 aromatic rings. The summed E-state index contributed by atoms with van der Waals surface area (Å²) in [6.45, 7) is 2.45. The molecule has 1 amide bonds. The van der Waals surface area contributed by atoms with Crippen LogP contribution >= 0.6 is 0 Å². The number of hydrogen-bond donors (Lipinski definition) is 1. The van der Waals surface area contributed by atoms with E-state index < -0.39 is 32.9 Å². The van der Waals surface area contributed by atoms with Crippen molar-refractivity contribution in [1.29, 1.82) is 0 Å². The number of nitrogens with zero attached hydrogens (tertiary/aromatic N) is 1. The number of aliphatic carboxylic acids is 1. The predicted octanol–water partition coefficient (Wildman–Crippen LogP) is 0.134. The molecule has 0 aromatic carbocycles. The number of carbonyl (C=O) groups is 2. The summed E-state index contributed by atoms with van der Waals surface area (Å²) < 4.78 is 22.1. The van der Waals surface area contributed by atoms with E-state index in [4.69, 9.17) is 0 Å². The first-order valence-electron chi connectivity index (χ1n) is 5.89. The molecule has 0 radical (unpaired) electrons.